The molecule has 1 amide bonds. The van der Waals surface area contributed by atoms with Crippen molar-refractivity contribution in [3.63, 3.8) is 0 Å². The van der Waals surface area contributed by atoms with Crippen LogP contribution in [0, 0.1) is 6.92 Å². The molecule has 0 saturated carbocycles. The molecule has 0 aromatic heterocycles. The van der Waals surface area contributed by atoms with Crippen molar-refractivity contribution in [2.45, 2.75) is 13.5 Å². The Kier molecular flexibility index (Phi) is 6.81. The summed E-state index contributed by atoms with van der Waals surface area (Å²) < 4.78 is 35.7. The Balaban J connectivity index is 2.15. The molecule has 8 heteroatoms. The number of nitrogens with one attached hydrogen (secondary N) is 1. The molecular weight excluding hydrogens is 368 g/mol. The van der Waals surface area contributed by atoms with Gasteiger partial charge in [0.25, 0.3) is 0 Å². The lowest BCUT2D eigenvalue weighted by atomic mass is 10.1. The Labute approximate surface area is 160 Å². The number of hydrogen-bond donors (Lipinski definition) is 1. The number of nitrogens with zero attached hydrogens (tertiary/aromatic N) is 1. The lowest BCUT2D eigenvalue weighted by molar-refractivity contribution is -0.116. The minimum atomic E-state index is -3.57. The molecule has 0 bridgehead atoms. The van der Waals surface area contributed by atoms with E-state index in [9.17, 15) is 13.2 Å². The van der Waals surface area contributed by atoms with E-state index in [0.29, 0.717) is 17.2 Å². The Morgan fingerprint density at radius 2 is 1.74 bits per heavy atom. The summed E-state index contributed by atoms with van der Waals surface area (Å²) in [5.74, 6) is 0.526. The highest BCUT2D eigenvalue weighted by atomic mass is 32.2. The van der Waals surface area contributed by atoms with Crippen molar-refractivity contribution in [1.29, 1.82) is 0 Å². The molecule has 0 radical (unpaired) electrons. The highest BCUT2D eigenvalue weighted by Gasteiger charge is 2.21. The van der Waals surface area contributed by atoms with Crippen LogP contribution in [0.1, 0.15) is 11.1 Å². The maximum atomic E-state index is 12.5. The van der Waals surface area contributed by atoms with Crippen LogP contribution >= 0.6 is 0 Å². The first-order valence-electron chi connectivity index (χ1n) is 8.25. The first-order valence-corrected chi connectivity index (χ1v) is 10.1. The monoisotopic (exact) mass is 392 g/mol. The van der Waals surface area contributed by atoms with Gasteiger partial charge in [0.2, 0.25) is 15.9 Å². The Hall–Kier alpha value is -2.58. The molecule has 0 aliphatic heterocycles. The van der Waals surface area contributed by atoms with E-state index in [1.54, 1.807) is 18.2 Å². The zero-order valence-electron chi connectivity index (χ0n) is 15.9. The molecule has 0 unspecified atom stereocenters. The normalized spacial score (nSPS) is 11.3. The minimum absolute atomic E-state index is 0.113. The average Bonchev–Trinajstić information content (AvgIpc) is 2.62. The van der Waals surface area contributed by atoms with Gasteiger partial charge in [0.15, 0.2) is 0 Å². The number of anilines is 1. The molecule has 0 aliphatic rings. The molecular formula is C19H24N2O5S. The minimum Gasteiger partial charge on any atom is -0.497 e. The molecule has 0 heterocycles. The average molecular weight is 392 g/mol. The first kappa shape index (κ1) is 20.7. The van der Waals surface area contributed by atoms with Crippen molar-refractivity contribution in [2.75, 3.05) is 32.3 Å². The van der Waals surface area contributed by atoms with Gasteiger partial charge in [-0.15, -0.1) is 0 Å². The molecule has 0 fully saturated rings. The highest BCUT2D eigenvalue weighted by Crippen LogP contribution is 2.28. The fourth-order valence-electron chi connectivity index (χ4n) is 2.45. The second-order valence-corrected chi connectivity index (χ2v) is 8.11. The van der Waals surface area contributed by atoms with Crippen LogP contribution in [0.15, 0.2) is 42.5 Å². The number of aryl methyl sites for hydroxylation is 1. The third-order valence-electron chi connectivity index (χ3n) is 3.95. The van der Waals surface area contributed by atoms with Crippen molar-refractivity contribution >= 4 is 21.6 Å². The number of amides is 1. The lowest BCUT2D eigenvalue weighted by Crippen LogP contribution is -2.36. The van der Waals surface area contributed by atoms with E-state index in [-0.39, 0.29) is 13.1 Å². The van der Waals surface area contributed by atoms with Crippen molar-refractivity contribution in [1.82, 2.24) is 4.31 Å². The van der Waals surface area contributed by atoms with Crippen molar-refractivity contribution < 1.29 is 22.7 Å². The van der Waals surface area contributed by atoms with Crippen LogP contribution in [0.25, 0.3) is 0 Å². The number of rotatable bonds is 8. The molecule has 0 atom stereocenters. The lowest BCUT2D eigenvalue weighted by Gasteiger charge is -2.20. The second kappa shape index (κ2) is 8.88. The number of carbonyl (C=O) groups excluding carboxylic acids is 1. The van der Waals surface area contributed by atoms with E-state index in [0.717, 1.165) is 21.7 Å². The van der Waals surface area contributed by atoms with Crippen LogP contribution in [0.4, 0.5) is 5.69 Å². The van der Waals surface area contributed by atoms with Gasteiger partial charge >= 0.3 is 0 Å². The summed E-state index contributed by atoms with van der Waals surface area (Å²) in [6.07, 6.45) is 1.08. The zero-order valence-corrected chi connectivity index (χ0v) is 16.7. The number of methoxy groups -OCH3 is 2. The van der Waals surface area contributed by atoms with Gasteiger partial charge in [-0.1, -0.05) is 29.8 Å². The van der Waals surface area contributed by atoms with E-state index >= 15 is 0 Å². The molecule has 0 spiro atoms. The van der Waals surface area contributed by atoms with Gasteiger partial charge in [-0.3, -0.25) is 4.79 Å². The largest absolute Gasteiger partial charge is 0.497 e. The van der Waals surface area contributed by atoms with Gasteiger partial charge in [-0.2, -0.15) is 4.31 Å². The summed E-state index contributed by atoms with van der Waals surface area (Å²) in [4.78, 5) is 12.5. The van der Waals surface area contributed by atoms with Crippen LogP contribution in [0.3, 0.4) is 0 Å². The number of ether oxygens (including phenoxy) is 2. The van der Waals surface area contributed by atoms with Crippen LogP contribution in [0.5, 0.6) is 11.5 Å². The predicted octanol–water partition coefficient (Wildman–Crippen LogP) is 2.41. The third kappa shape index (κ3) is 5.97. The number of sulfonamides is 1. The predicted molar refractivity (Wildman–Crippen MR) is 105 cm³/mol. The van der Waals surface area contributed by atoms with Gasteiger partial charge < -0.3 is 14.8 Å². The van der Waals surface area contributed by atoms with Crippen LogP contribution in [-0.4, -0.2) is 45.7 Å². The molecule has 146 valence electrons. The highest BCUT2D eigenvalue weighted by molar-refractivity contribution is 7.88. The fraction of sp³-hybridized carbons (Fsp3) is 0.316. The van der Waals surface area contributed by atoms with Gasteiger partial charge in [-0.25, -0.2) is 8.42 Å². The van der Waals surface area contributed by atoms with E-state index in [1.807, 2.05) is 31.2 Å². The second-order valence-electron chi connectivity index (χ2n) is 6.13. The van der Waals surface area contributed by atoms with E-state index in [4.69, 9.17) is 9.47 Å². The molecule has 0 saturated heterocycles. The van der Waals surface area contributed by atoms with Crippen LogP contribution < -0.4 is 14.8 Å². The topological polar surface area (TPSA) is 84.9 Å². The molecule has 2 aromatic carbocycles. The van der Waals surface area contributed by atoms with E-state index in [2.05, 4.69) is 5.32 Å². The Morgan fingerprint density at radius 3 is 2.30 bits per heavy atom. The fourth-order valence-corrected chi connectivity index (χ4v) is 3.18. The van der Waals surface area contributed by atoms with Gasteiger partial charge in [0.1, 0.15) is 11.5 Å². The molecule has 2 aromatic rings. The SMILES string of the molecule is COc1ccc(OC)c(NC(=O)CN(Cc2ccc(C)cc2)S(C)(=O)=O)c1. The van der Waals surface area contributed by atoms with Crippen molar-refractivity contribution in [2.24, 2.45) is 0 Å². The summed E-state index contributed by atoms with van der Waals surface area (Å²) in [6, 6.07) is 12.5. The molecule has 1 N–H and O–H groups in total. The summed E-state index contributed by atoms with van der Waals surface area (Å²) in [7, 11) is -0.574. The maximum absolute atomic E-state index is 12.5. The van der Waals surface area contributed by atoms with Crippen molar-refractivity contribution in [3.8, 4) is 11.5 Å². The number of hydrogen-bond acceptors (Lipinski definition) is 5. The van der Waals surface area contributed by atoms with Crippen LogP contribution in [-0.2, 0) is 21.4 Å². The van der Waals surface area contributed by atoms with Crippen LogP contribution in [0.2, 0.25) is 0 Å². The summed E-state index contributed by atoms with van der Waals surface area (Å²) in [5, 5.41) is 2.68. The Morgan fingerprint density at radius 1 is 1.07 bits per heavy atom. The first-order chi connectivity index (χ1) is 12.7. The molecule has 0 aliphatic carbocycles. The Bertz CT molecular complexity index is 895. The van der Waals surface area contributed by atoms with Gasteiger partial charge in [0.05, 0.1) is 32.7 Å². The standard InChI is InChI=1S/C19H24N2O5S/c1-14-5-7-15(8-6-14)12-21(27(4,23)24)13-19(22)20-17-11-16(25-2)9-10-18(17)26-3/h5-11H,12-13H2,1-4H3,(H,20,22). The molecule has 2 rings (SSSR count). The quantitative estimate of drug-likeness (QED) is 0.746. The number of benzene rings is 2. The van der Waals surface area contributed by atoms with Crippen molar-refractivity contribution in [3.05, 3.63) is 53.6 Å². The van der Waals surface area contributed by atoms with E-state index in [1.165, 1.54) is 14.2 Å². The van der Waals surface area contributed by atoms with E-state index < -0.39 is 15.9 Å². The number of carbonyl (C=O) groups is 1. The summed E-state index contributed by atoms with van der Waals surface area (Å²) >= 11 is 0. The summed E-state index contributed by atoms with van der Waals surface area (Å²) in [6.45, 7) is 1.75. The molecule has 7 nitrogen and oxygen atoms in total. The summed E-state index contributed by atoms with van der Waals surface area (Å²) in [5.41, 5.74) is 2.29. The van der Waals surface area contributed by atoms with Gasteiger partial charge in [0, 0.05) is 12.6 Å². The molecule has 27 heavy (non-hydrogen) atoms. The maximum Gasteiger partial charge on any atom is 0.239 e. The third-order valence-corrected chi connectivity index (χ3v) is 5.15. The smallest absolute Gasteiger partial charge is 0.239 e. The zero-order chi connectivity index (χ0) is 20.0. The van der Waals surface area contributed by atoms with Gasteiger partial charge in [-0.05, 0) is 24.6 Å².